The van der Waals surface area contributed by atoms with E-state index in [4.69, 9.17) is 4.74 Å². The Labute approximate surface area is 97.0 Å². The Hall–Kier alpha value is -1.83. The molecular formula is C14H17NO. The molecule has 0 saturated heterocycles. The van der Waals surface area contributed by atoms with Crippen LogP contribution in [0.15, 0.2) is 53.6 Å². The summed E-state index contributed by atoms with van der Waals surface area (Å²) < 4.78 is 5.08. The predicted molar refractivity (Wildman–Crippen MR) is 69.1 cm³/mol. The SMILES string of the molecule is C=C/C(C)=C\C=NCc1ccc(OC)cc1. The standard InChI is InChI=1S/C14H17NO/c1-4-12(2)9-10-15-11-13-5-7-14(16-3)8-6-13/h4-10H,1,11H2,2-3H3/b12-9-,15-10?. The van der Waals surface area contributed by atoms with E-state index in [0.29, 0.717) is 6.54 Å². The molecule has 1 aromatic carbocycles. The molecule has 0 atom stereocenters. The summed E-state index contributed by atoms with van der Waals surface area (Å²) in [5.74, 6) is 0.870. The summed E-state index contributed by atoms with van der Waals surface area (Å²) in [6, 6.07) is 7.91. The molecule has 0 radical (unpaired) electrons. The third-order valence-electron chi connectivity index (χ3n) is 2.20. The first-order valence-corrected chi connectivity index (χ1v) is 5.18. The van der Waals surface area contributed by atoms with Gasteiger partial charge in [-0.3, -0.25) is 4.99 Å². The maximum Gasteiger partial charge on any atom is 0.118 e. The van der Waals surface area contributed by atoms with Crippen molar-refractivity contribution in [1.82, 2.24) is 0 Å². The Morgan fingerprint density at radius 3 is 2.62 bits per heavy atom. The average Bonchev–Trinajstić information content (AvgIpc) is 2.35. The number of ether oxygens (including phenoxy) is 1. The number of hydrogen-bond acceptors (Lipinski definition) is 2. The fraction of sp³-hybridized carbons (Fsp3) is 0.214. The Balaban J connectivity index is 2.51. The number of benzene rings is 1. The van der Waals surface area contributed by atoms with Crippen LogP contribution in [0.1, 0.15) is 12.5 Å². The topological polar surface area (TPSA) is 21.6 Å². The van der Waals surface area contributed by atoms with Gasteiger partial charge in [0.1, 0.15) is 5.75 Å². The molecule has 1 aromatic rings. The summed E-state index contributed by atoms with van der Waals surface area (Å²) >= 11 is 0. The molecule has 0 bridgehead atoms. The van der Waals surface area contributed by atoms with Crippen LogP contribution in [0.3, 0.4) is 0 Å². The van der Waals surface area contributed by atoms with Crippen molar-refractivity contribution < 1.29 is 4.74 Å². The van der Waals surface area contributed by atoms with Crippen LogP contribution >= 0.6 is 0 Å². The molecule has 2 nitrogen and oxygen atoms in total. The van der Waals surface area contributed by atoms with Crippen LogP contribution in [0.5, 0.6) is 5.75 Å². The molecule has 0 aliphatic rings. The van der Waals surface area contributed by atoms with Gasteiger partial charge in [0.15, 0.2) is 0 Å². The lowest BCUT2D eigenvalue weighted by Gasteiger charge is -2.00. The quantitative estimate of drug-likeness (QED) is 0.545. The number of methoxy groups -OCH3 is 1. The van der Waals surface area contributed by atoms with Crippen LogP contribution in [0.25, 0.3) is 0 Å². The fourth-order valence-electron chi connectivity index (χ4n) is 1.13. The maximum absolute atomic E-state index is 5.08. The number of nitrogens with zero attached hydrogens (tertiary/aromatic N) is 1. The van der Waals surface area contributed by atoms with Crippen molar-refractivity contribution in [3.8, 4) is 5.75 Å². The van der Waals surface area contributed by atoms with Crippen molar-refractivity contribution in [3.05, 3.63) is 54.1 Å². The van der Waals surface area contributed by atoms with Gasteiger partial charge < -0.3 is 4.74 Å². The molecule has 0 unspecified atom stereocenters. The molecule has 0 aliphatic carbocycles. The zero-order valence-corrected chi connectivity index (χ0v) is 9.81. The first kappa shape index (κ1) is 12.2. The Kier molecular flexibility index (Phi) is 5.06. The fourth-order valence-corrected chi connectivity index (χ4v) is 1.13. The molecule has 0 spiro atoms. The molecule has 0 N–H and O–H groups in total. The smallest absolute Gasteiger partial charge is 0.118 e. The van der Waals surface area contributed by atoms with Crippen LogP contribution in [0.4, 0.5) is 0 Å². The summed E-state index contributed by atoms with van der Waals surface area (Å²) in [4.78, 5) is 4.30. The molecule has 84 valence electrons. The second-order valence-electron chi connectivity index (χ2n) is 3.45. The van der Waals surface area contributed by atoms with E-state index < -0.39 is 0 Å². The molecular weight excluding hydrogens is 198 g/mol. The van der Waals surface area contributed by atoms with Crippen molar-refractivity contribution in [2.45, 2.75) is 13.5 Å². The van der Waals surface area contributed by atoms with E-state index in [1.165, 1.54) is 5.56 Å². The third kappa shape index (κ3) is 4.13. The van der Waals surface area contributed by atoms with E-state index in [-0.39, 0.29) is 0 Å². The summed E-state index contributed by atoms with van der Waals surface area (Å²) in [6.07, 6.45) is 5.55. The Bertz CT molecular complexity index is 388. The van der Waals surface area contributed by atoms with Crippen LogP contribution in [0, 0.1) is 0 Å². The van der Waals surface area contributed by atoms with Gasteiger partial charge in [0, 0.05) is 6.21 Å². The Morgan fingerprint density at radius 2 is 2.06 bits per heavy atom. The van der Waals surface area contributed by atoms with Gasteiger partial charge in [0.05, 0.1) is 13.7 Å². The van der Waals surface area contributed by atoms with Crippen LogP contribution in [-0.4, -0.2) is 13.3 Å². The van der Waals surface area contributed by atoms with Crippen molar-refractivity contribution >= 4 is 6.21 Å². The van der Waals surface area contributed by atoms with Crippen LogP contribution in [0.2, 0.25) is 0 Å². The number of allylic oxidation sites excluding steroid dienone is 3. The number of hydrogen-bond donors (Lipinski definition) is 0. The van der Waals surface area contributed by atoms with E-state index in [0.717, 1.165) is 11.3 Å². The lowest BCUT2D eigenvalue weighted by molar-refractivity contribution is 0.414. The van der Waals surface area contributed by atoms with Crippen molar-refractivity contribution in [1.29, 1.82) is 0 Å². The molecule has 1 rings (SSSR count). The van der Waals surface area contributed by atoms with Gasteiger partial charge in [0.25, 0.3) is 0 Å². The molecule has 0 aliphatic heterocycles. The highest BCUT2D eigenvalue weighted by Gasteiger charge is 1.91. The summed E-state index contributed by atoms with van der Waals surface area (Å²) in [5, 5.41) is 0. The minimum absolute atomic E-state index is 0.685. The Morgan fingerprint density at radius 1 is 1.38 bits per heavy atom. The van der Waals surface area contributed by atoms with Crippen molar-refractivity contribution in [2.75, 3.05) is 7.11 Å². The van der Waals surface area contributed by atoms with Gasteiger partial charge >= 0.3 is 0 Å². The molecule has 2 heteroatoms. The highest BCUT2D eigenvalue weighted by Crippen LogP contribution is 2.11. The second-order valence-corrected chi connectivity index (χ2v) is 3.45. The second kappa shape index (κ2) is 6.62. The zero-order chi connectivity index (χ0) is 11.8. The minimum atomic E-state index is 0.685. The summed E-state index contributed by atoms with van der Waals surface area (Å²) in [6.45, 7) is 6.35. The lowest BCUT2D eigenvalue weighted by atomic mass is 10.2. The van der Waals surface area contributed by atoms with E-state index in [1.54, 1.807) is 19.4 Å². The zero-order valence-electron chi connectivity index (χ0n) is 9.81. The average molecular weight is 215 g/mol. The summed E-state index contributed by atoms with van der Waals surface area (Å²) in [5.41, 5.74) is 2.28. The highest BCUT2D eigenvalue weighted by atomic mass is 16.5. The van der Waals surface area contributed by atoms with Gasteiger partial charge in [-0.2, -0.15) is 0 Å². The maximum atomic E-state index is 5.08. The molecule has 0 saturated carbocycles. The van der Waals surface area contributed by atoms with Gasteiger partial charge in [-0.1, -0.05) is 30.4 Å². The minimum Gasteiger partial charge on any atom is -0.497 e. The normalized spacial score (nSPS) is 11.8. The van der Waals surface area contributed by atoms with Gasteiger partial charge in [-0.25, -0.2) is 0 Å². The lowest BCUT2D eigenvalue weighted by Crippen LogP contribution is -1.85. The largest absolute Gasteiger partial charge is 0.497 e. The third-order valence-corrected chi connectivity index (χ3v) is 2.20. The molecule has 0 amide bonds. The molecule has 0 heterocycles. The van der Waals surface area contributed by atoms with Crippen LogP contribution < -0.4 is 4.74 Å². The van der Waals surface area contributed by atoms with Gasteiger partial charge in [0.2, 0.25) is 0 Å². The van der Waals surface area contributed by atoms with Gasteiger partial charge in [-0.15, -0.1) is 0 Å². The van der Waals surface area contributed by atoms with Crippen molar-refractivity contribution in [2.24, 2.45) is 4.99 Å². The number of aliphatic imine (C=N–C) groups is 1. The number of rotatable bonds is 5. The highest BCUT2D eigenvalue weighted by molar-refractivity contribution is 5.72. The molecule has 16 heavy (non-hydrogen) atoms. The summed E-state index contributed by atoms with van der Waals surface area (Å²) in [7, 11) is 1.66. The van der Waals surface area contributed by atoms with E-state index in [1.807, 2.05) is 37.3 Å². The first-order valence-electron chi connectivity index (χ1n) is 5.18. The van der Waals surface area contributed by atoms with E-state index >= 15 is 0 Å². The molecule has 0 fully saturated rings. The van der Waals surface area contributed by atoms with E-state index in [2.05, 4.69) is 11.6 Å². The first-order chi connectivity index (χ1) is 7.76. The molecule has 0 aromatic heterocycles. The van der Waals surface area contributed by atoms with Crippen LogP contribution in [-0.2, 0) is 6.54 Å². The monoisotopic (exact) mass is 215 g/mol. The predicted octanol–water partition coefficient (Wildman–Crippen LogP) is 3.40. The van der Waals surface area contributed by atoms with Gasteiger partial charge in [-0.05, 0) is 30.7 Å². The van der Waals surface area contributed by atoms with E-state index in [9.17, 15) is 0 Å². The van der Waals surface area contributed by atoms with Crippen molar-refractivity contribution in [3.63, 3.8) is 0 Å².